The lowest BCUT2D eigenvalue weighted by molar-refractivity contribution is 0.0784. The summed E-state index contributed by atoms with van der Waals surface area (Å²) in [5.74, 6) is 0.742. The maximum atomic E-state index is 12.8. The van der Waals surface area contributed by atoms with Gasteiger partial charge in [0.2, 0.25) is 0 Å². The van der Waals surface area contributed by atoms with Gasteiger partial charge in [-0.2, -0.15) is 5.10 Å². The molecule has 6 heteroatoms. The summed E-state index contributed by atoms with van der Waals surface area (Å²) in [5.41, 5.74) is 4.84. The summed E-state index contributed by atoms with van der Waals surface area (Å²) in [4.78, 5) is 14.6. The molecule has 29 heavy (non-hydrogen) atoms. The van der Waals surface area contributed by atoms with Gasteiger partial charge >= 0.3 is 0 Å². The summed E-state index contributed by atoms with van der Waals surface area (Å²) >= 11 is 5.88. The summed E-state index contributed by atoms with van der Waals surface area (Å²) < 4.78 is 7.72. The van der Waals surface area contributed by atoms with Crippen LogP contribution in [0.2, 0.25) is 5.02 Å². The minimum Gasteiger partial charge on any atom is -0.489 e. The molecule has 5 nitrogen and oxygen atoms in total. The number of carbonyl (C=O) groups is 1. The Morgan fingerprint density at radius 3 is 2.34 bits per heavy atom. The number of aromatic nitrogens is 2. The lowest BCUT2D eigenvalue weighted by Crippen LogP contribution is -2.26. The highest BCUT2D eigenvalue weighted by Crippen LogP contribution is 2.19. The molecule has 0 saturated heterocycles. The number of halogens is 1. The first-order valence-corrected chi connectivity index (χ1v) is 10.0. The van der Waals surface area contributed by atoms with Crippen molar-refractivity contribution in [3.05, 3.63) is 81.6 Å². The minimum atomic E-state index is -0.0155. The van der Waals surface area contributed by atoms with E-state index >= 15 is 0 Å². The Labute approximate surface area is 176 Å². The van der Waals surface area contributed by atoms with Gasteiger partial charge in [0.1, 0.15) is 12.4 Å². The number of carbonyl (C=O) groups excluding carboxylic acids is 1. The molecular weight excluding hydrogens is 386 g/mol. The zero-order chi connectivity index (χ0) is 21.0. The third-order valence-electron chi connectivity index (χ3n) is 4.99. The smallest absolute Gasteiger partial charge is 0.253 e. The molecule has 2 aromatic carbocycles. The van der Waals surface area contributed by atoms with Crippen LogP contribution in [0.4, 0.5) is 0 Å². The average molecular weight is 412 g/mol. The van der Waals surface area contributed by atoms with Crippen LogP contribution in [-0.4, -0.2) is 27.6 Å². The monoisotopic (exact) mass is 411 g/mol. The van der Waals surface area contributed by atoms with Crippen LogP contribution in [0.25, 0.3) is 0 Å². The van der Waals surface area contributed by atoms with E-state index in [0.717, 1.165) is 34.8 Å². The molecule has 1 heterocycles. The van der Waals surface area contributed by atoms with Crippen molar-refractivity contribution in [2.45, 2.75) is 40.5 Å². The molecule has 1 aromatic heterocycles. The van der Waals surface area contributed by atoms with Gasteiger partial charge in [-0.25, -0.2) is 0 Å². The van der Waals surface area contributed by atoms with E-state index in [0.29, 0.717) is 23.7 Å². The number of hydrogen-bond acceptors (Lipinski definition) is 3. The predicted octanol–water partition coefficient (Wildman–Crippen LogP) is 5.02. The fourth-order valence-corrected chi connectivity index (χ4v) is 3.37. The Balaban J connectivity index is 1.62. The van der Waals surface area contributed by atoms with E-state index in [1.165, 1.54) is 0 Å². The first kappa shape index (κ1) is 20.9. The van der Waals surface area contributed by atoms with Crippen molar-refractivity contribution >= 4 is 17.5 Å². The molecule has 0 spiro atoms. The second kappa shape index (κ2) is 9.14. The Hall–Kier alpha value is -2.79. The van der Waals surface area contributed by atoms with Gasteiger partial charge in [0.05, 0.1) is 5.69 Å². The zero-order valence-corrected chi connectivity index (χ0v) is 18.0. The van der Waals surface area contributed by atoms with Gasteiger partial charge < -0.3 is 9.64 Å². The van der Waals surface area contributed by atoms with Gasteiger partial charge in [-0.15, -0.1) is 0 Å². The minimum absolute atomic E-state index is 0.0155. The Morgan fingerprint density at radius 1 is 1.10 bits per heavy atom. The normalized spacial score (nSPS) is 10.8. The summed E-state index contributed by atoms with van der Waals surface area (Å²) in [5, 5.41) is 5.21. The third kappa shape index (κ3) is 4.98. The van der Waals surface area contributed by atoms with Crippen LogP contribution < -0.4 is 4.74 Å². The number of nitrogens with zero attached hydrogens (tertiary/aromatic N) is 3. The fourth-order valence-electron chi connectivity index (χ4n) is 3.24. The fraction of sp³-hybridized carbons (Fsp3) is 0.304. The van der Waals surface area contributed by atoms with Crippen LogP contribution >= 0.6 is 11.6 Å². The highest BCUT2D eigenvalue weighted by Gasteiger charge is 2.17. The molecule has 0 fully saturated rings. The number of amides is 1. The molecule has 3 aromatic rings. The van der Waals surface area contributed by atoms with Crippen LogP contribution in [0, 0.1) is 13.8 Å². The van der Waals surface area contributed by atoms with Crippen LogP contribution in [0.3, 0.4) is 0 Å². The first-order valence-electron chi connectivity index (χ1n) is 9.64. The zero-order valence-electron chi connectivity index (χ0n) is 17.3. The number of benzene rings is 2. The largest absolute Gasteiger partial charge is 0.489 e. The quantitative estimate of drug-likeness (QED) is 0.548. The molecule has 152 valence electrons. The van der Waals surface area contributed by atoms with Crippen molar-refractivity contribution in [3.8, 4) is 5.75 Å². The number of hydrogen-bond donors (Lipinski definition) is 0. The van der Waals surface area contributed by atoms with E-state index in [-0.39, 0.29) is 5.91 Å². The summed E-state index contributed by atoms with van der Waals surface area (Å²) in [7, 11) is 1.82. The molecule has 0 aliphatic carbocycles. The lowest BCUT2D eigenvalue weighted by atomic mass is 10.1. The molecule has 0 unspecified atom stereocenters. The second-order valence-electron chi connectivity index (χ2n) is 7.07. The lowest BCUT2D eigenvalue weighted by Gasteiger charge is -2.18. The topological polar surface area (TPSA) is 47.4 Å². The second-order valence-corrected chi connectivity index (χ2v) is 7.50. The van der Waals surface area contributed by atoms with Crippen molar-refractivity contribution in [1.29, 1.82) is 0 Å². The molecular formula is C23H26ClN3O2. The van der Waals surface area contributed by atoms with E-state index in [9.17, 15) is 4.79 Å². The highest BCUT2D eigenvalue weighted by atomic mass is 35.5. The predicted molar refractivity (Wildman–Crippen MR) is 115 cm³/mol. The molecule has 0 aliphatic rings. The van der Waals surface area contributed by atoms with Gasteiger partial charge in [0.25, 0.3) is 5.91 Å². The molecule has 3 rings (SSSR count). The van der Waals surface area contributed by atoms with E-state index in [4.69, 9.17) is 16.3 Å². The number of ether oxygens (including phenoxy) is 1. The summed E-state index contributed by atoms with van der Waals surface area (Å²) in [6.07, 6.45) is 0. The molecule has 0 atom stereocenters. The summed E-state index contributed by atoms with van der Waals surface area (Å²) in [6.45, 7) is 7.90. The van der Waals surface area contributed by atoms with E-state index in [2.05, 4.69) is 12.0 Å². The molecule has 1 amide bonds. The van der Waals surface area contributed by atoms with Crippen molar-refractivity contribution in [1.82, 2.24) is 14.7 Å². The molecule has 0 bridgehead atoms. The first-order chi connectivity index (χ1) is 13.9. The molecule has 0 radical (unpaired) electrons. The molecule has 0 aliphatic heterocycles. The van der Waals surface area contributed by atoms with E-state index < -0.39 is 0 Å². The van der Waals surface area contributed by atoms with Crippen molar-refractivity contribution in [2.75, 3.05) is 7.05 Å². The summed E-state index contributed by atoms with van der Waals surface area (Å²) in [6, 6.07) is 14.8. The van der Waals surface area contributed by atoms with E-state index in [1.54, 1.807) is 17.0 Å². The van der Waals surface area contributed by atoms with Crippen LogP contribution in [0.1, 0.15) is 39.8 Å². The van der Waals surface area contributed by atoms with Crippen LogP contribution in [0.5, 0.6) is 5.75 Å². The van der Waals surface area contributed by atoms with Crippen LogP contribution in [0.15, 0.2) is 48.5 Å². The standard InChI is InChI=1S/C23H26ClN3O2/c1-5-27-17(3)22(16(2)25-27)14-26(4)23(28)19-8-6-18(7-9-19)15-29-21-12-10-20(24)11-13-21/h6-13H,5,14-15H2,1-4H3. The highest BCUT2D eigenvalue weighted by molar-refractivity contribution is 6.30. The Morgan fingerprint density at radius 2 is 1.76 bits per heavy atom. The van der Waals surface area contributed by atoms with Crippen molar-refractivity contribution < 1.29 is 9.53 Å². The average Bonchev–Trinajstić information content (AvgIpc) is 3.00. The SMILES string of the molecule is CCn1nc(C)c(CN(C)C(=O)c2ccc(COc3ccc(Cl)cc3)cc2)c1C. The van der Waals surface area contributed by atoms with Crippen LogP contribution in [-0.2, 0) is 19.7 Å². The van der Waals surface area contributed by atoms with Crippen molar-refractivity contribution in [2.24, 2.45) is 0 Å². The maximum Gasteiger partial charge on any atom is 0.253 e. The van der Waals surface area contributed by atoms with Gasteiger partial charge in [-0.05, 0) is 62.7 Å². The van der Waals surface area contributed by atoms with Gasteiger partial charge in [-0.3, -0.25) is 9.48 Å². The Bertz CT molecular complexity index is 979. The van der Waals surface area contributed by atoms with Gasteiger partial charge in [0, 0.05) is 42.0 Å². The van der Waals surface area contributed by atoms with Crippen molar-refractivity contribution in [3.63, 3.8) is 0 Å². The molecule has 0 N–H and O–H groups in total. The maximum absolute atomic E-state index is 12.8. The molecule has 0 saturated carbocycles. The number of aryl methyl sites for hydroxylation is 2. The van der Waals surface area contributed by atoms with Gasteiger partial charge in [-0.1, -0.05) is 23.7 Å². The Kier molecular flexibility index (Phi) is 6.60. The third-order valence-corrected chi connectivity index (χ3v) is 5.24. The van der Waals surface area contributed by atoms with Gasteiger partial charge in [0.15, 0.2) is 0 Å². The number of rotatable bonds is 7. The van der Waals surface area contributed by atoms with E-state index in [1.807, 2.05) is 62.0 Å².